The summed E-state index contributed by atoms with van der Waals surface area (Å²) in [5.41, 5.74) is 2.68. The fourth-order valence-corrected chi connectivity index (χ4v) is 2.59. The van der Waals surface area contributed by atoms with E-state index in [1.807, 2.05) is 26.8 Å². The fraction of sp³-hybridized carbons (Fsp3) is 0.273. The Morgan fingerprint density at radius 3 is 2.43 bits per heavy atom. The quantitative estimate of drug-likeness (QED) is 0.714. The lowest BCUT2D eigenvalue weighted by atomic mass is 10.1. The molecule has 6 heteroatoms. The standard InChI is InChI=1S/C22H26N2O4/c1-14(2)23-22(26)19-12-17(9-6-15(19)3)24-21(25)11-8-16-7-10-18(27-4)13-20(16)28-5/h6-14H,1-5H3,(H,23,26)(H,24,25). The van der Waals surface area contributed by atoms with Crippen LogP contribution in [0, 0.1) is 6.92 Å². The van der Waals surface area contributed by atoms with Crippen molar-refractivity contribution in [3.05, 3.63) is 59.2 Å². The molecule has 0 fully saturated rings. The molecule has 0 saturated carbocycles. The third kappa shape index (κ3) is 5.61. The molecular weight excluding hydrogens is 356 g/mol. The Morgan fingerprint density at radius 1 is 1.04 bits per heavy atom. The van der Waals surface area contributed by atoms with E-state index in [0.29, 0.717) is 22.7 Å². The molecule has 0 heterocycles. The van der Waals surface area contributed by atoms with Gasteiger partial charge < -0.3 is 20.1 Å². The monoisotopic (exact) mass is 382 g/mol. The number of carbonyl (C=O) groups excluding carboxylic acids is 2. The highest BCUT2D eigenvalue weighted by molar-refractivity contribution is 6.03. The van der Waals surface area contributed by atoms with E-state index in [0.717, 1.165) is 11.1 Å². The van der Waals surface area contributed by atoms with Crippen LogP contribution in [0.3, 0.4) is 0 Å². The molecule has 0 atom stereocenters. The van der Waals surface area contributed by atoms with E-state index in [1.54, 1.807) is 50.6 Å². The summed E-state index contributed by atoms with van der Waals surface area (Å²) >= 11 is 0. The first-order valence-electron chi connectivity index (χ1n) is 8.96. The van der Waals surface area contributed by atoms with Crippen LogP contribution < -0.4 is 20.1 Å². The summed E-state index contributed by atoms with van der Waals surface area (Å²) in [6.45, 7) is 5.66. The van der Waals surface area contributed by atoms with Crippen molar-refractivity contribution in [2.24, 2.45) is 0 Å². The highest BCUT2D eigenvalue weighted by Crippen LogP contribution is 2.25. The number of rotatable bonds is 7. The second kappa shape index (κ2) is 9.60. The lowest BCUT2D eigenvalue weighted by molar-refractivity contribution is -0.111. The van der Waals surface area contributed by atoms with Crippen molar-refractivity contribution in [3.8, 4) is 11.5 Å². The van der Waals surface area contributed by atoms with Crippen LogP contribution >= 0.6 is 0 Å². The van der Waals surface area contributed by atoms with Crippen LogP contribution in [-0.2, 0) is 4.79 Å². The molecule has 0 bridgehead atoms. The van der Waals surface area contributed by atoms with Crippen molar-refractivity contribution in [2.75, 3.05) is 19.5 Å². The van der Waals surface area contributed by atoms with Gasteiger partial charge in [0.2, 0.25) is 5.91 Å². The largest absolute Gasteiger partial charge is 0.497 e. The van der Waals surface area contributed by atoms with Gasteiger partial charge in [-0.1, -0.05) is 6.07 Å². The Morgan fingerprint density at radius 2 is 1.79 bits per heavy atom. The maximum Gasteiger partial charge on any atom is 0.251 e. The number of hydrogen-bond acceptors (Lipinski definition) is 4. The number of ether oxygens (including phenoxy) is 2. The normalized spacial score (nSPS) is 10.8. The number of methoxy groups -OCH3 is 2. The van der Waals surface area contributed by atoms with Crippen molar-refractivity contribution in [1.29, 1.82) is 0 Å². The zero-order valence-electron chi connectivity index (χ0n) is 16.8. The van der Waals surface area contributed by atoms with Crippen LogP contribution in [0.15, 0.2) is 42.5 Å². The average Bonchev–Trinajstić information content (AvgIpc) is 2.67. The molecule has 2 aromatic carbocycles. The summed E-state index contributed by atoms with van der Waals surface area (Å²) < 4.78 is 10.5. The Labute approximate surface area is 165 Å². The van der Waals surface area contributed by atoms with Crippen molar-refractivity contribution in [3.63, 3.8) is 0 Å². The van der Waals surface area contributed by atoms with E-state index >= 15 is 0 Å². The molecule has 2 aromatic rings. The van der Waals surface area contributed by atoms with Gasteiger partial charge in [-0.2, -0.15) is 0 Å². The Balaban J connectivity index is 2.13. The molecule has 0 spiro atoms. The van der Waals surface area contributed by atoms with Crippen LogP contribution in [0.4, 0.5) is 5.69 Å². The summed E-state index contributed by atoms with van der Waals surface area (Å²) in [7, 11) is 3.14. The Kier molecular flexibility index (Phi) is 7.21. The van der Waals surface area contributed by atoms with Crippen LogP contribution in [0.5, 0.6) is 11.5 Å². The molecule has 0 unspecified atom stereocenters. The van der Waals surface area contributed by atoms with Gasteiger partial charge in [-0.25, -0.2) is 0 Å². The predicted octanol–water partition coefficient (Wildman–Crippen LogP) is 3.80. The van der Waals surface area contributed by atoms with Gasteiger partial charge in [0.05, 0.1) is 14.2 Å². The van der Waals surface area contributed by atoms with Gasteiger partial charge in [-0.15, -0.1) is 0 Å². The number of nitrogens with one attached hydrogen (secondary N) is 2. The van der Waals surface area contributed by atoms with Gasteiger partial charge in [0, 0.05) is 35.0 Å². The Bertz CT molecular complexity index is 888. The third-order valence-corrected chi connectivity index (χ3v) is 4.02. The molecule has 0 aliphatic rings. The second-order valence-electron chi connectivity index (χ2n) is 6.59. The minimum absolute atomic E-state index is 0.0348. The summed E-state index contributed by atoms with van der Waals surface area (Å²) in [6, 6.07) is 10.6. The molecule has 2 amide bonds. The van der Waals surface area contributed by atoms with Crippen LogP contribution in [0.2, 0.25) is 0 Å². The number of hydrogen-bond donors (Lipinski definition) is 2. The van der Waals surface area contributed by atoms with Crippen LogP contribution in [0.1, 0.15) is 35.3 Å². The third-order valence-electron chi connectivity index (χ3n) is 4.02. The minimum atomic E-state index is -0.308. The first-order valence-corrected chi connectivity index (χ1v) is 8.96. The molecule has 0 radical (unpaired) electrons. The summed E-state index contributed by atoms with van der Waals surface area (Å²) in [5, 5.41) is 5.64. The summed E-state index contributed by atoms with van der Waals surface area (Å²) in [6.07, 6.45) is 3.08. The minimum Gasteiger partial charge on any atom is -0.497 e. The zero-order chi connectivity index (χ0) is 20.7. The van der Waals surface area contributed by atoms with Crippen LogP contribution in [0.25, 0.3) is 6.08 Å². The molecule has 2 N–H and O–H groups in total. The smallest absolute Gasteiger partial charge is 0.251 e. The molecule has 0 aromatic heterocycles. The van der Waals surface area contributed by atoms with Crippen molar-refractivity contribution in [1.82, 2.24) is 5.32 Å². The predicted molar refractivity (Wildman–Crippen MR) is 111 cm³/mol. The maximum atomic E-state index is 12.3. The first-order chi connectivity index (χ1) is 13.3. The zero-order valence-corrected chi connectivity index (χ0v) is 16.8. The van der Waals surface area contributed by atoms with E-state index in [1.165, 1.54) is 6.08 Å². The van der Waals surface area contributed by atoms with Crippen LogP contribution in [-0.4, -0.2) is 32.1 Å². The summed E-state index contributed by atoms with van der Waals surface area (Å²) in [5.74, 6) is 0.802. The SMILES string of the molecule is COc1ccc(C=CC(=O)Nc2ccc(C)c(C(=O)NC(C)C)c2)c(OC)c1. The molecule has 6 nitrogen and oxygen atoms in total. The number of amides is 2. The van der Waals surface area contributed by atoms with Gasteiger partial charge >= 0.3 is 0 Å². The fourth-order valence-electron chi connectivity index (χ4n) is 2.59. The average molecular weight is 382 g/mol. The van der Waals surface area contributed by atoms with Crippen molar-refractivity contribution < 1.29 is 19.1 Å². The molecular formula is C22H26N2O4. The molecule has 0 aliphatic carbocycles. The van der Waals surface area contributed by atoms with Gasteiger partial charge in [0.1, 0.15) is 11.5 Å². The Hall–Kier alpha value is -3.28. The second-order valence-corrected chi connectivity index (χ2v) is 6.59. The molecule has 28 heavy (non-hydrogen) atoms. The highest BCUT2D eigenvalue weighted by Gasteiger charge is 2.11. The molecule has 2 rings (SSSR count). The van der Waals surface area contributed by atoms with Crippen molar-refractivity contribution >= 4 is 23.6 Å². The van der Waals surface area contributed by atoms with Gasteiger partial charge in [0.25, 0.3) is 5.91 Å². The topological polar surface area (TPSA) is 76.7 Å². The van der Waals surface area contributed by atoms with E-state index in [4.69, 9.17) is 9.47 Å². The molecule has 148 valence electrons. The first kappa shape index (κ1) is 21.0. The summed E-state index contributed by atoms with van der Waals surface area (Å²) in [4.78, 5) is 24.6. The highest BCUT2D eigenvalue weighted by atomic mass is 16.5. The van der Waals surface area contributed by atoms with E-state index in [2.05, 4.69) is 10.6 Å². The van der Waals surface area contributed by atoms with Crippen molar-refractivity contribution in [2.45, 2.75) is 26.8 Å². The number of carbonyl (C=O) groups is 2. The number of benzene rings is 2. The molecule has 0 aliphatic heterocycles. The number of aryl methyl sites for hydroxylation is 1. The van der Waals surface area contributed by atoms with E-state index in [-0.39, 0.29) is 17.9 Å². The lowest BCUT2D eigenvalue weighted by Crippen LogP contribution is -2.30. The molecule has 0 saturated heterocycles. The van der Waals surface area contributed by atoms with E-state index < -0.39 is 0 Å². The lowest BCUT2D eigenvalue weighted by Gasteiger charge is -2.12. The van der Waals surface area contributed by atoms with Gasteiger partial charge in [-0.3, -0.25) is 9.59 Å². The van der Waals surface area contributed by atoms with Gasteiger partial charge in [-0.05, 0) is 56.7 Å². The van der Waals surface area contributed by atoms with E-state index in [9.17, 15) is 9.59 Å². The number of anilines is 1. The van der Waals surface area contributed by atoms with Gasteiger partial charge in [0.15, 0.2) is 0 Å². The maximum absolute atomic E-state index is 12.3.